The molecule has 0 aliphatic rings. The second-order valence-corrected chi connectivity index (χ2v) is 4.16. The summed E-state index contributed by atoms with van der Waals surface area (Å²) in [5, 5.41) is 3.48. The highest BCUT2D eigenvalue weighted by molar-refractivity contribution is 7.09. The highest BCUT2D eigenvalue weighted by Gasteiger charge is 2.13. The first kappa shape index (κ1) is 11.4. The third-order valence-electron chi connectivity index (χ3n) is 2.21. The van der Waals surface area contributed by atoms with E-state index in [0.717, 1.165) is 25.1 Å². The lowest BCUT2D eigenvalue weighted by Gasteiger charge is -2.15. The second kappa shape index (κ2) is 5.94. The molecule has 1 unspecified atom stereocenters. The van der Waals surface area contributed by atoms with Gasteiger partial charge in [-0.2, -0.15) is 0 Å². The molecule has 3 heteroatoms. The van der Waals surface area contributed by atoms with E-state index in [1.807, 2.05) is 11.6 Å². The van der Waals surface area contributed by atoms with Gasteiger partial charge < -0.3 is 5.32 Å². The van der Waals surface area contributed by atoms with E-state index in [1.54, 1.807) is 11.3 Å². The first-order valence-corrected chi connectivity index (χ1v) is 5.91. The van der Waals surface area contributed by atoms with Gasteiger partial charge in [0.15, 0.2) is 0 Å². The normalized spacial score (nSPS) is 12.7. The zero-order valence-electron chi connectivity index (χ0n) is 8.92. The van der Waals surface area contributed by atoms with Crippen LogP contribution in [0.5, 0.6) is 0 Å². The summed E-state index contributed by atoms with van der Waals surface area (Å²) in [5.74, 6) is 0. The molecule has 0 amide bonds. The van der Waals surface area contributed by atoms with Crippen LogP contribution in [0, 0.1) is 6.92 Å². The van der Waals surface area contributed by atoms with Crippen molar-refractivity contribution in [1.29, 1.82) is 0 Å². The molecule has 1 aromatic heterocycles. The predicted octanol–water partition coefficient (Wildman–Crippen LogP) is 3.07. The average Bonchev–Trinajstić information content (AvgIpc) is 2.59. The average molecular weight is 210 g/mol. The summed E-state index contributed by atoms with van der Waals surface area (Å²) in [6, 6.07) is 0.450. The Morgan fingerprint density at radius 2 is 2.50 bits per heavy atom. The van der Waals surface area contributed by atoms with E-state index >= 15 is 0 Å². The summed E-state index contributed by atoms with van der Waals surface area (Å²) in [6.45, 7) is 8.97. The molecule has 0 aliphatic heterocycles. The van der Waals surface area contributed by atoms with Crippen LogP contribution in [-0.4, -0.2) is 11.5 Å². The number of rotatable bonds is 6. The monoisotopic (exact) mass is 210 g/mol. The molecule has 1 rings (SSSR count). The molecule has 0 saturated carbocycles. The summed E-state index contributed by atoms with van der Waals surface area (Å²) in [6.07, 6.45) is 4.14. The van der Waals surface area contributed by atoms with Crippen molar-refractivity contribution in [2.24, 2.45) is 0 Å². The van der Waals surface area contributed by atoms with Crippen LogP contribution in [0.3, 0.4) is 0 Å². The van der Waals surface area contributed by atoms with Crippen LogP contribution in [0.1, 0.15) is 36.4 Å². The largest absolute Gasteiger partial charge is 0.309 e. The number of aromatic nitrogens is 1. The quantitative estimate of drug-likeness (QED) is 0.730. The third kappa shape index (κ3) is 2.93. The van der Waals surface area contributed by atoms with Crippen LogP contribution < -0.4 is 5.32 Å². The first-order valence-electron chi connectivity index (χ1n) is 5.03. The van der Waals surface area contributed by atoms with E-state index in [1.165, 1.54) is 4.88 Å². The smallest absolute Gasteiger partial charge is 0.0798 e. The number of allylic oxidation sites excluding steroid dienone is 1. The Morgan fingerprint density at radius 1 is 1.71 bits per heavy atom. The molecule has 1 atom stereocenters. The van der Waals surface area contributed by atoms with Gasteiger partial charge in [-0.25, -0.2) is 4.98 Å². The fourth-order valence-corrected chi connectivity index (χ4v) is 2.42. The number of hydrogen-bond donors (Lipinski definition) is 1. The van der Waals surface area contributed by atoms with Gasteiger partial charge in [0.05, 0.1) is 11.2 Å². The molecule has 1 aromatic rings. The Labute approximate surface area is 90.1 Å². The third-order valence-corrected chi connectivity index (χ3v) is 3.25. The predicted molar refractivity (Wildman–Crippen MR) is 62.7 cm³/mol. The zero-order chi connectivity index (χ0) is 10.4. The van der Waals surface area contributed by atoms with Crippen molar-refractivity contribution >= 4 is 11.3 Å². The Kier molecular flexibility index (Phi) is 4.84. The number of nitrogens with zero attached hydrogens (tertiary/aromatic N) is 1. The van der Waals surface area contributed by atoms with Crippen LogP contribution >= 0.6 is 11.3 Å². The topological polar surface area (TPSA) is 24.9 Å². The summed E-state index contributed by atoms with van der Waals surface area (Å²) in [5.41, 5.74) is 3.08. The highest BCUT2D eigenvalue weighted by Crippen LogP contribution is 2.25. The van der Waals surface area contributed by atoms with Gasteiger partial charge in [0.2, 0.25) is 0 Å². The van der Waals surface area contributed by atoms with Crippen molar-refractivity contribution in [1.82, 2.24) is 10.3 Å². The maximum Gasteiger partial charge on any atom is 0.0798 e. The van der Waals surface area contributed by atoms with Gasteiger partial charge in [0.1, 0.15) is 0 Å². The van der Waals surface area contributed by atoms with E-state index in [4.69, 9.17) is 0 Å². The SMILES string of the molecule is C=CCCC(NCC)c1scnc1C. The minimum Gasteiger partial charge on any atom is -0.309 e. The number of hydrogen-bond acceptors (Lipinski definition) is 3. The molecule has 1 N–H and O–H groups in total. The number of nitrogens with one attached hydrogen (secondary N) is 1. The lowest BCUT2D eigenvalue weighted by molar-refractivity contribution is 0.524. The van der Waals surface area contributed by atoms with Crippen LogP contribution in [0.2, 0.25) is 0 Å². The lowest BCUT2D eigenvalue weighted by Crippen LogP contribution is -2.20. The molecular formula is C11H18N2S. The summed E-state index contributed by atoms with van der Waals surface area (Å²) >= 11 is 1.74. The Bertz CT molecular complexity index is 281. The lowest BCUT2D eigenvalue weighted by atomic mass is 10.1. The van der Waals surface area contributed by atoms with Crippen molar-refractivity contribution in [2.75, 3.05) is 6.54 Å². The minimum absolute atomic E-state index is 0.450. The van der Waals surface area contributed by atoms with Crippen LogP contribution in [0.4, 0.5) is 0 Å². The van der Waals surface area contributed by atoms with Gasteiger partial charge in [-0.05, 0) is 26.3 Å². The molecule has 0 bridgehead atoms. The minimum atomic E-state index is 0.450. The molecule has 1 heterocycles. The van der Waals surface area contributed by atoms with E-state index in [9.17, 15) is 0 Å². The van der Waals surface area contributed by atoms with Crippen LogP contribution in [0.15, 0.2) is 18.2 Å². The molecule has 0 spiro atoms. The van der Waals surface area contributed by atoms with Crippen LogP contribution in [-0.2, 0) is 0 Å². The van der Waals surface area contributed by atoms with Gasteiger partial charge in [-0.3, -0.25) is 0 Å². The standard InChI is InChI=1S/C11H18N2S/c1-4-6-7-10(12-5-2)11-9(3)13-8-14-11/h4,8,10,12H,1,5-7H2,2-3H3. The summed E-state index contributed by atoms with van der Waals surface area (Å²) < 4.78 is 0. The van der Waals surface area contributed by atoms with Crippen molar-refractivity contribution in [2.45, 2.75) is 32.7 Å². The van der Waals surface area contributed by atoms with Gasteiger partial charge in [-0.15, -0.1) is 17.9 Å². The molecule has 14 heavy (non-hydrogen) atoms. The summed E-state index contributed by atoms with van der Waals surface area (Å²) in [7, 11) is 0. The van der Waals surface area contributed by atoms with Crippen molar-refractivity contribution in [3.63, 3.8) is 0 Å². The van der Waals surface area contributed by atoms with Gasteiger partial charge in [0.25, 0.3) is 0 Å². The summed E-state index contributed by atoms with van der Waals surface area (Å²) in [4.78, 5) is 5.65. The number of aryl methyl sites for hydroxylation is 1. The van der Waals surface area contributed by atoms with Crippen LogP contribution in [0.25, 0.3) is 0 Å². The molecular weight excluding hydrogens is 192 g/mol. The number of thiazole rings is 1. The molecule has 2 nitrogen and oxygen atoms in total. The van der Waals surface area contributed by atoms with Gasteiger partial charge >= 0.3 is 0 Å². The maximum absolute atomic E-state index is 4.28. The molecule has 0 fully saturated rings. The first-order chi connectivity index (χ1) is 6.79. The van der Waals surface area contributed by atoms with E-state index in [-0.39, 0.29) is 0 Å². The van der Waals surface area contributed by atoms with E-state index < -0.39 is 0 Å². The fraction of sp³-hybridized carbons (Fsp3) is 0.545. The Balaban J connectivity index is 2.66. The molecule has 0 radical (unpaired) electrons. The van der Waals surface area contributed by atoms with Crippen molar-refractivity contribution in [3.05, 3.63) is 28.7 Å². The van der Waals surface area contributed by atoms with E-state index in [0.29, 0.717) is 6.04 Å². The Hall–Kier alpha value is -0.670. The fourth-order valence-electron chi connectivity index (χ4n) is 1.50. The van der Waals surface area contributed by atoms with Gasteiger partial charge in [-0.1, -0.05) is 13.0 Å². The van der Waals surface area contributed by atoms with Crippen molar-refractivity contribution in [3.8, 4) is 0 Å². The molecule has 78 valence electrons. The second-order valence-electron chi connectivity index (χ2n) is 3.28. The molecule has 0 aromatic carbocycles. The van der Waals surface area contributed by atoms with E-state index in [2.05, 4.69) is 30.7 Å². The van der Waals surface area contributed by atoms with Gasteiger partial charge in [0, 0.05) is 10.9 Å². The Morgan fingerprint density at radius 3 is 3.00 bits per heavy atom. The maximum atomic E-state index is 4.28. The molecule has 0 aliphatic carbocycles. The highest BCUT2D eigenvalue weighted by atomic mass is 32.1. The molecule has 0 saturated heterocycles. The zero-order valence-corrected chi connectivity index (χ0v) is 9.73. The van der Waals surface area contributed by atoms with Crippen molar-refractivity contribution < 1.29 is 0 Å².